The van der Waals surface area contributed by atoms with Gasteiger partial charge in [0.05, 0.1) is 24.2 Å². The fourth-order valence-corrected chi connectivity index (χ4v) is 3.58. The third-order valence-electron chi connectivity index (χ3n) is 5.39. The molecule has 1 aliphatic heterocycles. The summed E-state index contributed by atoms with van der Waals surface area (Å²) in [7, 11) is 0. The van der Waals surface area contributed by atoms with Crippen LogP contribution >= 0.6 is 0 Å². The van der Waals surface area contributed by atoms with Crippen LogP contribution in [-0.4, -0.2) is 30.2 Å². The number of ether oxygens (including phenoxy) is 4. The number of nitro groups is 1. The minimum atomic E-state index is -0.804. The van der Waals surface area contributed by atoms with E-state index in [-0.39, 0.29) is 36.4 Å². The average Bonchev–Trinajstić information content (AvgIpc) is 2.88. The van der Waals surface area contributed by atoms with E-state index < -0.39 is 16.6 Å². The van der Waals surface area contributed by atoms with Crippen molar-refractivity contribution < 1.29 is 28.7 Å². The summed E-state index contributed by atoms with van der Waals surface area (Å²) in [6.07, 6.45) is 1.19. The molecule has 3 aromatic carbocycles. The van der Waals surface area contributed by atoms with Gasteiger partial charge in [0.15, 0.2) is 11.5 Å². The van der Waals surface area contributed by atoms with Crippen LogP contribution in [0, 0.1) is 10.1 Å². The SMILES string of the molecule is O=C(OCc1ccccc1)c1cc(OC2CCOCC2)c(OCc2ccccc2)cc1[N+](=O)[O-]. The molecule has 1 fully saturated rings. The van der Waals surface area contributed by atoms with Crippen molar-refractivity contribution in [2.24, 2.45) is 0 Å². The van der Waals surface area contributed by atoms with E-state index >= 15 is 0 Å². The van der Waals surface area contributed by atoms with E-state index in [4.69, 9.17) is 18.9 Å². The van der Waals surface area contributed by atoms with Crippen LogP contribution in [0.25, 0.3) is 0 Å². The van der Waals surface area contributed by atoms with Crippen molar-refractivity contribution in [3.05, 3.63) is 99.6 Å². The highest BCUT2D eigenvalue weighted by Crippen LogP contribution is 2.37. The number of esters is 1. The number of benzene rings is 3. The van der Waals surface area contributed by atoms with Crippen LogP contribution in [0.2, 0.25) is 0 Å². The Hall–Kier alpha value is -3.91. The monoisotopic (exact) mass is 463 g/mol. The molecule has 0 amide bonds. The van der Waals surface area contributed by atoms with Crippen molar-refractivity contribution in [2.75, 3.05) is 13.2 Å². The van der Waals surface area contributed by atoms with Gasteiger partial charge in [-0.3, -0.25) is 10.1 Å². The highest BCUT2D eigenvalue weighted by atomic mass is 16.6. The minimum Gasteiger partial charge on any atom is -0.486 e. The summed E-state index contributed by atoms with van der Waals surface area (Å²) < 4.78 is 22.8. The van der Waals surface area contributed by atoms with Gasteiger partial charge >= 0.3 is 5.97 Å². The third-order valence-corrected chi connectivity index (χ3v) is 5.39. The molecule has 0 atom stereocenters. The highest BCUT2D eigenvalue weighted by molar-refractivity contribution is 5.95. The van der Waals surface area contributed by atoms with Crippen molar-refractivity contribution in [3.63, 3.8) is 0 Å². The van der Waals surface area contributed by atoms with Gasteiger partial charge in [0.1, 0.15) is 24.9 Å². The first kappa shape index (κ1) is 23.3. The second-order valence-corrected chi connectivity index (χ2v) is 7.84. The largest absolute Gasteiger partial charge is 0.486 e. The van der Waals surface area contributed by atoms with Gasteiger partial charge in [-0.1, -0.05) is 60.7 Å². The van der Waals surface area contributed by atoms with Gasteiger partial charge in [-0.2, -0.15) is 0 Å². The molecule has 1 aliphatic rings. The number of nitrogens with zero attached hydrogens (tertiary/aromatic N) is 1. The van der Waals surface area contributed by atoms with E-state index in [9.17, 15) is 14.9 Å². The van der Waals surface area contributed by atoms with Crippen LogP contribution < -0.4 is 9.47 Å². The zero-order chi connectivity index (χ0) is 23.8. The average molecular weight is 463 g/mol. The molecule has 0 saturated carbocycles. The van der Waals surface area contributed by atoms with E-state index in [1.165, 1.54) is 12.1 Å². The van der Waals surface area contributed by atoms with Crippen molar-refractivity contribution in [3.8, 4) is 11.5 Å². The molecule has 0 aromatic heterocycles. The Kier molecular flexibility index (Phi) is 7.72. The normalized spacial score (nSPS) is 13.8. The number of hydrogen-bond acceptors (Lipinski definition) is 7. The summed E-state index contributed by atoms with van der Waals surface area (Å²) in [5.41, 5.74) is 1.09. The topological polar surface area (TPSA) is 97.1 Å². The fraction of sp³-hybridized carbons (Fsp3) is 0.269. The van der Waals surface area contributed by atoms with Crippen LogP contribution in [-0.2, 0) is 22.7 Å². The standard InChI is InChI=1S/C26H25NO7/c28-26(33-18-20-9-5-2-6-10-20)22-15-25(34-21-11-13-31-14-12-21)24(16-23(22)27(29)30)32-17-19-7-3-1-4-8-19/h1-10,15-16,21H,11-14,17-18H2. The lowest BCUT2D eigenvalue weighted by Gasteiger charge is -2.24. The van der Waals surface area contributed by atoms with Gasteiger partial charge in [-0.25, -0.2) is 4.79 Å². The number of nitro benzene ring substituents is 1. The third kappa shape index (κ3) is 6.11. The van der Waals surface area contributed by atoms with Crippen LogP contribution in [0.4, 0.5) is 5.69 Å². The molecule has 4 rings (SSSR count). The predicted octanol–water partition coefficient (Wildman–Crippen LogP) is 5.09. The number of hydrogen-bond donors (Lipinski definition) is 0. The Morgan fingerprint density at radius 3 is 2.15 bits per heavy atom. The number of rotatable bonds is 9. The molecular weight excluding hydrogens is 438 g/mol. The van der Waals surface area contributed by atoms with E-state index in [0.717, 1.165) is 11.1 Å². The second-order valence-electron chi connectivity index (χ2n) is 7.84. The van der Waals surface area contributed by atoms with Gasteiger partial charge in [-0.15, -0.1) is 0 Å². The molecular formula is C26H25NO7. The lowest BCUT2D eigenvalue weighted by atomic mass is 10.1. The summed E-state index contributed by atoms with van der Waals surface area (Å²) in [6.45, 7) is 1.31. The molecule has 0 spiro atoms. The summed E-state index contributed by atoms with van der Waals surface area (Å²) >= 11 is 0. The minimum absolute atomic E-state index is 0.000753. The Labute approximate surface area is 197 Å². The maximum Gasteiger partial charge on any atom is 0.345 e. The first-order valence-corrected chi connectivity index (χ1v) is 11.0. The molecule has 176 valence electrons. The molecule has 8 nitrogen and oxygen atoms in total. The maximum absolute atomic E-state index is 12.8. The lowest BCUT2D eigenvalue weighted by Crippen LogP contribution is -2.26. The van der Waals surface area contributed by atoms with Gasteiger partial charge in [0, 0.05) is 18.9 Å². The van der Waals surface area contributed by atoms with Crippen LogP contribution in [0.15, 0.2) is 72.8 Å². The Bertz CT molecular complexity index is 1110. The molecule has 34 heavy (non-hydrogen) atoms. The Morgan fingerprint density at radius 1 is 0.912 bits per heavy atom. The van der Waals surface area contributed by atoms with Crippen LogP contribution in [0.5, 0.6) is 11.5 Å². The van der Waals surface area contributed by atoms with Gasteiger partial charge in [0.25, 0.3) is 5.69 Å². The quantitative estimate of drug-likeness (QED) is 0.248. The zero-order valence-electron chi connectivity index (χ0n) is 18.6. The molecule has 0 aliphatic carbocycles. The van der Waals surface area contributed by atoms with Crippen molar-refractivity contribution in [1.82, 2.24) is 0 Å². The summed E-state index contributed by atoms with van der Waals surface area (Å²) in [5.74, 6) is -0.344. The first-order valence-electron chi connectivity index (χ1n) is 11.0. The smallest absolute Gasteiger partial charge is 0.345 e. The Balaban J connectivity index is 1.61. The molecule has 1 saturated heterocycles. The zero-order valence-corrected chi connectivity index (χ0v) is 18.6. The highest BCUT2D eigenvalue weighted by Gasteiger charge is 2.28. The van der Waals surface area contributed by atoms with E-state index in [2.05, 4.69) is 0 Å². The molecule has 3 aromatic rings. The summed E-state index contributed by atoms with van der Waals surface area (Å²) in [4.78, 5) is 24.0. The molecule has 8 heteroatoms. The van der Waals surface area contributed by atoms with Crippen LogP contribution in [0.3, 0.4) is 0 Å². The Morgan fingerprint density at radius 2 is 1.53 bits per heavy atom. The fourth-order valence-electron chi connectivity index (χ4n) is 3.58. The molecule has 0 N–H and O–H groups in total. The van der Waals surface area contributed by atoms with Crippen molar-refractivity contribution >= 4 is 11.7 Å². The predicted molar refractivity (Wildman–Crippen MR) is 124 cm³/mol. The van der Waals surface area contributed by atoms with Gasteiger partial charge in [-0.05, 0) is 11.1 Å². The maximum atomic E-state index is 12.8. The molecule has 0 radical (unpaired) electrons. The van der Waals surface area contributed by atoms with E-state index in [0.29, 0.717) is 26.1 Å². The molecule has 0 bridgehead atoms. The van der Waals surface area contributed by atoms with E-state index in [1.807, 2.05) is 60.7 Å². The molecule has 0 unspecified atom stereocenters. The summed E-state index contributed by atoms with van der Waals surface area (Å²) in [6, 6.07) is 21.1. The lowest BCUT2D eigenvalue weighted by molar-refractivity contribution is -0.385. The van der Waals surface area contributed by atoms with Crippen molar-refractivity contribution in [1.29, 1.82) is 0 Å². The second kappa shape index (κ2) is 11.3. The van der Waals surface area contributed by atoms with Gasteiger partial charge in [0.2, 0.25) is 0 Å². The van der Waals surface area contributed by atoms with Crippen LogP contribution in [0.1, 0.15) is 34.3 Å². The summed E-state index contributed by atoms with van der Waals surface area (Å²) in [5, 5.41) is 11.8. The number of carbonyl (C=O) groups is 1. The van der Waals surface area contributed by atoms with E-state index in [1.54, 1.807) is 0 Å². The first-order chi connectivity index (χ1) is 16.6. The molecule has 1 heterocycles. The number of carbonyl (C=O) groups excluding carboxylic acids is 1. The van der Waals surface area contributed by atoms with Crippen molar-refractivity contribution in [2.45, 2.75) is 32.2 Å². The van der Waals surface area contributed by atoms with Gasteiger partial charge < -0.3 is 18.9 Å².